The molecule has 0 bridgehead atoms. The fraction of sp³-hybridized carbons (Fsp3) is 1.00. The monoisotopic (exact) mass is 231 g/mol. The molecule has 0 spiro atoms. The Hall–Kier alpha value is -0.200. The predicted molar refractivity (Wildman–Crippen MR) is 57.8 cm³/mol. The third kappa shape index (κ3) is 2.24. The van der Waals surface area contributed by atoms with Gasteiger partial charge < -0.3 is 25.7 Å². The summed E-state index contributed by atoms with van der Waals surface area (Å²) in [6.45, 7) is -0.163. The fourth-order valence-electron chi connectivity index (χ4n) is 2.93. The van der Waals surface area contributed by atoms with Crippen LogP contribution in [0.4, 0.5) is 0 Å². The average molecular weight is 231 g/mol. The molecule has 1 aliphatic carbocycles. The van der Waals surface area contributed by atoms with E-state index in [9.17, 15) is 15.3 Å². The van der Waals surface area contributed by atoms with E-state index in [0.717, 1.165) is 25.7 Å². The third-order valence-electron chi connectivity index (χ3n) is 3.98. The van der Waals surface area contributed by atoms with Crippen LogP contribution >= 0.6 is 0 Å². The first-order valence-electron chi connectivity index (χ1n) is 6.04. The van der Waals surface area contributed by atoms with Gasteiger partial charge in [0.1, 0.15) is 0 Å². The molecule has 0 radical (unpaired) electrons. The van der Waals surface area contributed by atoms with Gasteiger partial charge >= 0.3 is 0 Å². The zero-order chi connectivity index (χ0) is 11.7. The van der Waals surface area contributed by atoms with E-state index in [4.69, 9.17) is 5.11 Å². The lowest BCUT2D eigenvalue weighted by atomic mass is 9.81. The molecule has 94 valence electrons. The number of rotatable bonds is 2. The molecule has 5 nitrogen and oxygen atoms in total. The number of hydrogen-bond acceptors (Lipinski definition) is 5. The molecule has 5 heteroatoms. The van der Waals surface area contributed by atoms with Crippen molar-refractivity contribution >= 4 is 0 Å². The predicted octanol–water partition coefficient (Wildman–Crippen LogP) is -1.41. The van der Waals surface area contributed by atoms with Crippen molar-refractivity contribution in [3.05, 3.63) is 0 Å². The van der Waals surface area contributed by atoms with E-state index in [2.05, 4.69) is 5.32 Å². The second kappa shape index (κ2) is 4.98. The maximum Gasteiger partial charge on any atom is 0.0989 e. The summed E-state index contributed by atoms with van der Waals surface area (Å²) in [5.74, 6) is 0.282. The van der Waals surface area contributed by atoms with Crippen molar-refractivity contribution in [3.8, 4) is 0 Å². The van der Waals surface area contributed by atoms with Gasteiger partial charge in [-0.15, -0.1) is 0 Å². The largest absolute Gasteiger partial charge is 0.395 e. The normalized spacial score (nSPS) is 49.5. The van der Waals surface area contributed by atoms with Gasteiger partial charge in [-0.25, -0.2) is 0 Å². The van der Waals surface area contributed by atoms with Crippen molar-refractivity contribution in [2.45, 2.75) is 56.1 Å². The number of aliphatic hydroxyl groups is 4. The molecule has 5 N–H and O–H groups in total. The third-order valence-corrected chi connectivity index (χ3v) is 3.98. The SMILES string of the molecule is OC[C@H]1N[C@H](C2CCC(O)CC2)[C@@H](O)[C@@H]1O. The molecule has 1 aliphatic heterocycles. The number of hydrogen-bond donors (Lipinski definition) is 5. The Kier molecular flexibility index (Phi) is 3.81. The number of nitrogens with one attached hydrogen (secondary N) is 1. The molecule has 2 rings (SSSR count). The molecule has 1 heterocycles. The second-order valence-corrected chi connectivity index (χ2v) is 5.03. The quantitative estimate of drug-likeness (QED) is 0.403. The summed E-state index contributed by atoms with van der Waals surface area (Å²) >= 11 is 0. The molecular formula is C11H21NO4. The minimum atomic E-state index is -0.887. The van der Waals surface area contributed by atoms with E-state index < -0.39 is 18.2 Å². The van der Waals surface area contributed by atoms with Crippen LogP contribution in [0.1, 0.15) is 25.7 Å². The van der Waals surface area contributed by atoms with E-state index in [-0.39, 0.29) is 24.7 Å². The number of aliphatic hydroxyl groups excluding tert-OH is 4. The minimum Gasteiger partial charge on any atom is -0.395 e. The smallest absolute Gasteiger partial charge is 0.0989 e. The maximum atomic E-state index is 9.89. The van der Waals surface area contributed by atoms with Gasteiger partial charge in [-0.3, -0.25) is 0 Å². The molecule has 0 aromatic rings. The summed E-state index contributed by atoms with van der Waals surface area (Å²) in [5.41, 5.74) is 0. The van der Waals surface area contributed by atoms with Crippen molar-refractivity contribution < 1.29 is 20.4 Å². The summed E-state index contributed by atoms with van der Waals surface area (Å²) in [7, 11) is 0. The lowest BCUT2D eigenvalue weighted by molar-refractivity contribution is 0.00522. The molecule has 0 unspecified atom stereocenters. The molecule has 1 saturated heterocycles. The van der Waals surface area contributed by atoms with E-state index in [0.29, 0.717) is 0 Å². The van der Waals surface area contributed by atoms with Crippen molar-refractivity contribution in [2.75, 3.05) is 6.61 Å². The Labute approximate surface area is 95.1 Å². The Morgan fingerprint density at radius 3 is 2.06 bits per heavy atom. The van der Waals surface area contributed by atoms with E-state index in [1.54, 1.807) is 0 Å². The van der Waals surface area contributed by atoms with Crippen LogP contribution in [-0.4, -0.2) is 57.4 Å². The first-order chi connectivity index (χ1) is 7.63. The van der Waals surface area contributed by atoms with Gasteiger partial charge in [0.25, 0.3) is 0 Å². The van der Waals surface area contributed by atoms with Gasteiger partial charge in [0.05, 0.1) is 31.0 Å². The molecule has 0 amide bonds. The van der Waals surface area contributed by atoms with Crippen LogP contribution in [0.5, 0.6) is 0 Å². The first-order valence-corrected chi connectivity index (χ1v) is 6.04. The van der Waals surface area contributed by atoms with Gasteiger partial charge in [-0.1, -0.05) is 0 Å². The highest BCUT2D eigenvalue weighted by molar-refractivity contribution is 5.01. The molecule has 1 saturated carbocycles. The summed E-state index contributed by atoms with van der Waals surface area (Å²) in [5, 5.41) is 41.1. The first kappa shape index (κ1) is 12.3. The van der Waals surface area contributed by atoms with E-state index in [1.165, 1.54) is 0 Å². The molecular weight excluding hydrogens is 210 g/mol. The Morgan fingerprint density at radius 1 is 0.938 bits per heavy atom. The zero-order valence-corrected chi connectivity index (χ0v) is 9.29. The van der Waals surface area contributed by atoms with Gasteiger partial charge in [0.15, 0.2) is 0 Å². The van der Waals surface area contributed by atoms with Crippen LogP contribution in [-0.2, 0) is 0 Å². The average Bonchev–Trinajstić information content (AvgIpc) is 2.57. The van der Waals surface area contributed by atoms with E-state index in [1.807, 2.05) is 0 Å². The van der Waals surface area contributed by atoms with E-state index >= 15 is 0 Å². The van der Waals surface area contributed by atoms with Crippen LogP contribution in [0.15, 0.2) is 0 Å². The van der Waals surface area contributed by atoms with Crippen molar-refractivity contribution in [1.82, 2.24) is 5.32 Å². The van der Waals surface area contributed by atoms with Gasteiger partial charge in [-0.05, 0) is 31.6 Å². The highest BCUT2D eigenvalue weighted by Crippen LogP contribution is 2.31. The molecule has 2 aliphatic rings. The van der Waals surface area contributed by atoms with Crippen molar-refractivity contribution in [2.24, 2.45) is 5.92 Å². The molecule has 16 heavy (non-hydrogen) atoms. The highest BCUT2D eigenvalue weighted by Gasteiger charge is 2.44. The molecule has 2 fully saturated rings. The Bertz CT molecular complexity index is 230. The van der Waals surface area contributed by atoms with Crippen LogP contribution in [0.25, 0.3) is 0 Å². The van der Waals surface area contributed by atoms with Crippen LogP contribution in [0, 0.1) is 5.92 Å². The van der Waals surface area contributed by atoms with Gasteiger partial charge in [0, 0.05) is 6.04 Å². The second-order valence-electron chi connectivity index (χ2n) is 5.03. The zero-order valence-electron chi connectivity index (χ0n) is 9.29. The Morgan fingerprint density at radius 2 is 1.56 bits per heavy atom. The highest BCUT2D eigenvalue weighted by atomic mass is 16.3. The summed E-state index contributed by atoms with van der Waals surface area (Å²) in [4.78, 5) is 0. The van der Waals surface area contributed by atoms with Crippen LogP contribution < -0.4 is 5.32 Å². The minimum absolute atomic E-state index is 0.153. The van der Waals surface area contributed by atoms with Crippen LogP contribution in [0.3, 0.4) is 0 Å². The Balaban J connectivity index is 1.95. The molecule has 0 aromatic carbocycles. The molecule has 0 aromatic heterocycles. The summed E-state index contributed by atoms with van der Waals surface area (Å²) < 4.78 is 0. The van der Waals surface area contributed by atoms with Crippen molar-refractivity contribution in [1.29, 1.82) is 0 Å². The standard InChI is InChI=1S/C11H21NO4/c13-5-8-10(15)11(16)9(12-8)6-1-3-7(14)4-2-6/h6-16H,1-5H2/t6?,7?,8-,9-,10-,11-/m1/s1. The van der Waals surface area contributed by atoms with Crippen LogP contribution in [0.2, 0.25) is 0 Å². The summed E-state index contributed by atoms with van der Waals surface area (Å²) in [6.07, 6.45) is 1.33. The van der Waals surface area contributed by atoms with Crippen molar-refractivity contribution in [3.63, 3.8) is 0 Å². The van der Waals surface area contributed by atoms with Gasteiger partial charge in [-0.2, -0.15) is 0 Å². The fourth-order valence-corrected chi connectivity index (χ4v) is 2.93. The maximum absolute atomic E-state index is 9.89. The molecule has 4 atom stereocenters. The topological polar surface area (TPSA) is 93.0 Å². The lowest BCUT2D eigenvalue weighted by Gasteiger charge is -2.31. The summed E-state index contributed by atoms with van der Waals surface area (Å²) in [6, 6.07) is -0.577. The van der Waals surface area contributed by atoms with Gasteiger partial charge in [0.2, 0.25) is 0 Å². The lowest BCUT2D eigenvalue weighted by Crippen LogP contribution is -2.42.